The van der Waals surface area contributed by atoms with Crippen molar-refractivity contribution in [3.8, 4) is 0 Å². The van der Waals surface area contributed by atoms with E-state index in [1.165, 1.54) is 5.56 Å². The molecule has 1 aliphatic rings. The Morgan fingerprint density at radius 2 is 2.16 bits per heavy atom. The van der Waals surface area contributed by atoms with Gasteiger partial charge in [-0.05, 0) is 30.9 Å². The van der Waals surface area contributed by atoms with Gasteiger partial charge in [-0.25, -0.2) is 4.98 Å². The molecular weight excluding hydrogens is 238 g/mol. The van der Waals surface area contributed by atoms with Crippen LogP contribution < -0.4 is 5.32 Å². The highest BCUT2D eigenvalue weighted by molar-refractivity contribution is 5.35. The van der Waals surface area contributed by atoms with Crippen molar-refractivity contribution in [3.63, 3.8) is 0 Å². The van der Waals surface area contributed by atoms with Gasteiger partial charge in [0, 0.05) is 39.5 Å². The topological polar surface area (TPSA) is 37.4 Å². The van der Waals surface area contributed by atoms with E-state index in [0.717, 1.165) is 51.3 Å². The van der Waals surface area contributed by atoms with Crippen molar-refractivity contribution < 1.29 is 4.74 Å². The van der Waals surface area contributed by atoms with Gasteiger partial charge in [-0.2, -0.15) is 0 Å². The van der Waals surface area contributed by atoms with Crippen molar-refractivity contribution >= 4 is 5.82 Å². The molecule has 2 heterocycles. The number of hydrogen-bond acceptors (Lipinski definition) is 4. The number of methoxy groups -OCH3 is 1. The summed E-state index contributed by atoms with van der Waals surface area (Å²) in [4.78, 5) is 6.93. The minimum Gasteiger partial charge on any atom is -0.381 e. The summed E-state index contributed by atoms with van der Waals surface area (Å²) >= 11 is 0. The first-order chi connectivity index (χ1) is 9.31. The van der Waals surface area contributed by atoms with Gasteiger partial charge in [0.05, 0.1) is 6.10 Å². The Morgan fingerprint density at radius 3 is 2.74 bits per heavy atom. The monoisotopic (exact) mass is 263 g/mol. The maximum Gasteiger partial charge on any atom is 0.125 e. The molecule has 1 N–H and O–H groups in total. The number of rotatable bonds is 6. The number of piperidine rings is 1. The highest BCUT2D eigenvalue weighted by Crippen LogP contribution is 2.16. The minimum absolute atomic E-state index is 0.454. The fourth-order valence-electron chi connectivity index (χ4n) is 2.44. The lowest BCUT2D eigenvalue weighted by molar-refractivity contribution is 0.0388. The molecule has 1 aromatic rings. The van der Waals surface area contributed by atoms with Crippen LogP contribution in [0.3, 0.4) is 0 Å². The Balaban J connectivity index is 1.79. The summed E-state index contributed by atoms with van der Waals surface area (Å²) in [5.74, 6) is 0.976. The van der Waals surface area contributed by atoms with Gasteiger partial charge in [-0.1, -0.05) is 13.0 Å². The minimum atomic E-state index is 0.454. The fraction of sp³-hybridized carbons (Fsp3) is 0.667. The summed E-state index contributed by atoms with van der Waals surface area (Å²) in [6.45, 7) is 6.38. The SMILES string of the molecule is CCCNc1ccc(CN2CCC(OC)CC2)cn1. The van der Waals surface area contributed by atoms with Crippen molar-refractivity contribution in [2.45, 2.75) is 38.8 Å². The summed E-state index contributed by atoms with van der Waals surface area (Å²) in [6, 6.07) is 4.25. The molecule has 4 heteroatoms. The molecular formula is C15H25N3O. The van der Waals surface area contributed by atoms with E-state index in [1.54, 1.807) is 0 Å². The Kier molecular flexibility index (Phi) is 5.61. The van der Waals surface area contributed by atoms with Gasteiger partial charge in [0.15, 0.2) is 0 Å². The Hall–Kier alpha value is -1.13. The highest BCUT2D eigenvalue weighted by atomic mass is 16.5. The molecule has 106 valence electrons. The first-order valence-corrected chi connectivity index (χ1v) is 7.25. The molecule has 1 aromatic heterocycles. The third-order valence-electron chi connectivity index (χ3n) is 3.65. The van der Waals surface area contributed by atoms with E-state index in [1.807, 2.05) is 13.3 Å². The smallest absolute Gasteiger partial charge is 0.125 e. The largest absolute Gasteiger partial charge is 0.381 e. The summed E-state index contributed by atoms with van der Waals surface area (Å²) in [7, 11) is 1.81. The van der Waals surface area contributed by atoms with Gasteiger partial charge < -0.3 is 10.1 Å². The number of likely N-dealkylation sites (tertiary alicyclic amines) is 1. The van der Waals surface area contributed by atoms with E-state index in [9.17, 15) is 0 Å². The van der Waals surface area contributed by atoms with Crippen LogP contribution in [0.2, 0.25) is 0 Å². The highest BCUT2D eigenvalue weighted by Gasteiger charge is 2.18. The second kappa shape index (κ2) is 7.46. The van der Waals surface area contributed by atoms with E-state index < -0.39 is 0 Å². The zero-order valence-corrected chi connectivity index (χ0v) is 12.1. The predicted molar refractivity (Wildman–Crippen MR) is 78.3 cm³/mol. The van der Waals surface area contributed by atoms with Gasteiger partial charge in [-0.15, -0.1) is 0 Å². The molecule has 1 saturated heterocycles. The van der Waals surface area contributed by atoms with E-state index in [4.69, 9.17) is 4.74 Å². The summed E-state index contributed by atoms with van der Waals surface area (Å²) in [5, 5.41) is 3.30. The van der Waals surface area contributed by atoms with Crippen molar-refractivity contribution in [2.75, 3.05) is 32.1 Å². The Labute approximate surface area is 116 Å². The zero-order chi connectivity index (χ0) is 13.5. The number of ether oxygens (including phenoxy) is 1. The second-order valence-corrected chi connectivity index (χ2v) is 5.19. The first-order valence-electron chi connectivity index (χ1n) is 7.25. The molecule has 1 fully saturated rings. The normalized spacial score (nSPS) is 17.6. The number of anilines is 1. The second-order valence-electron chi connectivity index (χ2n) is 5.19. The molecule has 0 spiro atoms. The van der Waals surface area contributed by atoms with Crippen molar-refractivity contribution in [2.24, 2.45) is 0 Å². The zero-order valence-electron chi connectivity index (χ0n) is 12.1. The van der Waals surface area contributed by atoms with Crippen molar-refractivity contribution in [1.82, 2.24) is 9.88 Å². The van der Waals surface area contributed by atoms with E-state index in [0.29, 0.717) is 6.10 Å². The quantitative estimate of drug-likeness (QED) is 0.856. The average Bonchev–Trinajstić information content (AvgIpc) is 2.47. The van der Waals surface area contributed by atoms with Gasteiger partial charge in [0.25, 0.3) is 0 Å². The Bertz CT molecular complexity index is 358. The fourth-order valence-corrected chi connectivity index (χ4v) is 2.44. The lowest BCUT2D eigenvalue weighted by atomic mass is 10.1. The van der Waals surface area contributed by atoms with E-state index in [2.05, 4.69) is 34.3 Å². The summed E-state index contributed by atoms with van der Waals surface area (Å²) in [6.07, 6.45) is 5.84. The van der Waals surface area contributed by atoms with Crippen molar-refractivity contribution in [3.05, 3.63) is 23.9 Å². The molecule has 2 rings (SSSR count). The van der Waals surface area contributed by atoms with Gasteiger partial charge in [-0.3, -0.25) is 4.90 Å². The number of nitrogens with one attached hydrogen (secondary N) is 1. The lowest BCUT2D eigenvalue weighted by Gasteiger charge is -2.31. The molecule has 0 amide bonds. The Morgan fingerprint density at radius 1 is 1.37 bits per heavy atom. The van der Waals surface area contributed by atoms with Crippen LogP contribution in [0.4, 0.5) is 5.82 Å². The number of aromatic nitrogens is 1. The molecule has 0 unspecified atom stereocenters. The van der Waals surface area contributed by atoms with Crippen LogP contribution in [-0.4, -0.2) is 42.7 Å². The van der Waals surface area contributed by atoms with E-state index in [-0.39, 0.29) is 0 Å². The molecule has 0 saturated carbocycles. The molecule has 0 radical (unpaired) electrons. The van der Waals surface area contributed by atoms with Gasteiger partial charge in [0.2, 0.25) is 0 Å². The standard InChI is InChI=1S/C15H25N3O/c1-3-8-16-15-5-4-13(11-17-15)12-18-9-6-14(19-2)7-10-18/h4-5,11,14H,3,6-10,12H2,1-2H3,(H,16,17). The maximum absolute atomic E-state index is 5.40. The molecule has 0 aliphatic carbocycles. The van der Waals surface area contributed by atoms with Crippen LogP contribution in [0.5, 0.6) is 0 Å². The molecule has 0 aromatic carbocycles. The molecule has 19 heavy (non-hydrogen) atoms. The average molecular weight is 263 g/mol. The molecule has 0 bridgehead atoms. The van der Waals surface area contributed by atoms with Crippen LogP contribution in [0.1, 0.15) is 31.7 Å². The summed E-state index contributed by atoms with van der Waals surface area (Å²) in [5.41, 5.74) is 1.29. The third kappa shape index (κ3) is 4.48. The summed E-state index contributed by atoms with van der Waals surface area (Å²) < 4.78 is 5.40. The third-order valence-corrected chi connectivity index (χ3v) is 3.65. The first kappa shape index (κ1) is 14.3. The van der Waals surface area contributed by atoms with E-state index >= 15 is 0 Å². The predicted octanol–water partition coefficient (Wildman–Crippen LogP) is 2.51. The van der Waals surface area contributed by atoms with Crippen LogP contribution >= 0.6 is 0 Å². The van der Waals surface area contributed by atoms with Gasteiger partial charge >= 0.3 is 0 Å². The number of hydrogen-bond donors (Lipinski definition) is 1. The van der Waals surface area contributed by atoms with Gasteiger partial charge in [0.1, 0.15) is 5.82 Å². The molecule has 0 atom stereocenters. The van der Waals surface area contributed by atoms with Crippen LogP contribution in [0, 0.1) is 0 Å². The van der Waals surface area contributed by atoms with Crippen LogP contribution in [-0.2, 0) is 11.3 Å². The molecule has 1 aliphatic heterocycles. The van der Waals surface area contributed by atoms with Crippen LogP contribution in [0.15, 0.2) is 18.3 Å². The number of pyridine rings is 1. The van der Waals surface area contributed by atoms with Crippen LogP contribution in [0.25, 0.3) is 0 Å². The maximum atomic E-state index is 5.40. The molecule has 4 nitrogen and oxygen atoms in total. The van der Waals surface area contributed by atoms with Crippen molar-refractivity contribution in [1.29, 1.82) is 0 Å². The lowest BCUT2D eigenvalue weighted by Crippen LogP contribution is -2.36. The number of nitrogens with zero attached hydrogens (tertiary/aromatic N) is 2.